The Balaban J connectivity index is 1.29. The average molecular weight is 719 g/mol. The third kappa shape index (κ3) is 4.87. The molecule has 6 heteroatoms. The van der Waals surface area contributed by atoms with Crippen molar-refractivity contribution < 1.29 is 9.13 Å². The fourth-order valence-electron chi connectivity index (χ4n) is 7.91. The molecule has 0 fully saturated rings. The van der Waals surface area contributed by atoms with Gasteiger partial charge in [0.1, 0.15) is 5.65 Å². The van der Waals surface area contributed by atoms with E-state index in [1.54, 1.807) is 0 Å². The molecule has 10 rings (SSSR count). The number of imidazole rings is 1. The Morgan fingerprint density at radius 3 is 1.51 bits per heavy atom. The molecule has 0 spiro atoms. The lowest BCUT2D eigenvalue weighted by atomic mass is 10.1. The molecule has 4 nitrogen and oxygen atoms in total. The van der Waals surface area contributed by atoms with Gasteiger partial charge in [-0.05, 0) is 52.6 Å². The van der Waals surface area contributed by atoms with Crippen molar-refractivity contribution in [3.8, 4) is 0 Å². The van der Waals surface area contributed by atoms with Crippen LogP contribution in [0.4, 0.5) is 0 Å². The van der Waals surface area contributed by atoms with Gasteiger partial charge in [0, 0.05) is 42.6 Å². The van der Waals surface area contributed by atoms with Crippen LogP contribution in [0.1, 0.15) is 0 Å². The van der Waals surface area contributed by atoms with E-state index in [4.69, 9.17) is 4.98 Å². The minimum atomic E-state index is -3.34. The van der Waals surface area contributed by atoms with E-state index in [0.29, 0.717) is 0 Å². The van der Waals surface area contributed by atoms with Crippen molar-refractivity contribution >= 4 is 95.2 Å². The summed E-state index contributed by atoms with van der Waals surface area (Å²) in [7, 11) is -6.62. The first-order chi connectivity index (χ1) is 26.0. The molecule has 10 aromatic rings. The molecule has 2 aromatic heterocycles. The van der Waals surface area contributed by atoms with E-state index in [-0.39, 0.29) is 0 Å². The largest absolute Gasteiger partial charge is 0.309 e. The van der Waals surface area contributed by atoms with Crippen molar-refractivity contribution in [1.82, 2.24) is 9.38 Å². The number of hydrogen-bond donors (Lipinski definition) is 0. The molecule has 0 saturated carbocycles. The third-order valence-electron chi connectivity index (χ3n) is 10.5. The van der Waals surface area contributed by atoms with Crippen molar-refractivity contribution in [2.45, 2.75) is 0 Å². The summed E-state index contributed by atoms with van der Waals surface area (Å²) in [5.41, 5.74) is 3.53. The van der Waals surface area contributed by atoms with Crippen LogP contribution in [0, 0.1) is 0 Å². The lowest BCUT2D eigenvalue weighted by Gasteiger charge is -2.22. The molecule has 53 heavy (non-hydrogen) atoms. The number of fused-ring (bicyclic) bond motifs is 9. The number of para-hydroxylation sites is 2. The maximum absolute atomic E-state index is 15.9. The van der Waals surface area contributed by atoms with Crippen molar-refractivity contribution in [3.05, 3.63) is 194 Å². The highest BCUT2D eigenvalue weighted by Crippen LogP contribution is 2.46. The molecule has 252 valence electrons. The number of hydrogen-bond acceptors (Lipinski definition) is 3. The smallest absolute Gasteiger partial charge is 0.171 e. The summed E-state index contributed by atoms with van der Waals surface area (Å²) in [6.45, 7) is 0. The van der Waals surface area contributed by atoms with Crippen molar-refractivity contribution in [3.63, 3.8) is 0 Å². The predicted octanol–water partition coefficient (Wildman–Crippen LogP) is 9.23. The van der Waals surface area contributed by atoms with Crippen LogP contribution in [0.25, 0.3) is 49.1 Å². The van der Waals surface area contributed by atoms with Gasteiger partial charge in [0.2, 0.25) is 0 Å². The SMILES string of the molecule is O=P(c1ccccc1)(c1ccc2ccccc2c1)c1ccc2c(c1)c1ccc(P(=O)(c3ccccc3)c3ccccc3)cc1n1c3ccccc3nc21. The number of aromatic nitrogens is 2. The summed E-state index contributed by atoms with van der Waals surface area (Å²) in [5.74, 6) is 0. The van der Waals surface area contributed by atoms with Gasteiger partial charge >= 0.3 is 0 Å². The standard InChI is InChI=1S/C47H32N2O2P2/c50-52(35-16-4-1-5-17-35,36-18-6-2-7-19-36)40-26-28-41-43-31-39(27-29-42(43)47-48-44-22-12-13-23-45(44)49(47)46(41)32-40)53(51,37-20-8-3-9-21-37)38-25-24-33-14-10-11-15-34(33)30-38/h1-32H. The van der Waals surface area contributed by atoms with Crippen molar-refractivity contribution in [2.75, 3.05) is 0 Å². The zero-order valence-electron chi connectivity index (χ0n) is 28.6. The van der Waals surface area contributed by atoms with E-state index in [2.05, 4.69) is 59.0 Å². The zero-order valence-corrected chi connectivity index (χ0v) is 30.4. The third-order valence-corrected chi connectivity index (χ3v) is 16.6. The van der Waals surface area contributed by atoms with E-state index >= 15 is 9.13 Å². The maximum atomic E-state index is 15.9. The second-order valence-electron chi connectivity index (χ2n) is 13.4. The molecule has 2 heterocycles. The Hall–Kier alpha value is -6.05. The van der Waals surface area contributed by atoms with Gasteiger partial charge < -0.3 is 9.13 Å². The number of nitrogens with zero attached hydrogens (tertiary/aromatic N) is 2. The van der Waals surface area contributed by atoms with E-state index < -0.39 is 14.3 Å². The van der Waals surface area contributed by atoms with Gasteiger partial charge in [0.05, 0.1) is 16.6 Å². The van der Waals surface area contributed by atoms with E-state index in [9.17, 15) is 0 Å². The lowest BCUT2D eigenvalue weighted by molar-refractivity contribution is 0.591. The monoisotopic (exact) mass is 718 g/mol. The van der Waals surface area contributed by atoms with Gasteiger partial charge in [0.25, 0.3) is 0 Å². The van der Waals surface area contributed by atoms with Gasteiger partial charge in [-0.2, -0.15) is 0 Å². The molecule has 0 aliphatic carbocycles. The second-order valence-corrected chi connectivity index (χ2v) is 19.0. The lowest BCUT2D eigenvalue weighted by Crippen LogP contribution is -2.25. The molecule has 1 atom stereocenters. The summed E-state index contributed by atoms with van der Waals surface area (Å²) in [6.07, 6.45) is 0. The normalized spacial score (nSPS) is 13.2. The van der Waals surface area contributed by atoms with Crippen molar-refractivity contribution in [1.29, 1.82) is 0 Å². The summed E-state index contributed by atoms with van der Waals surface area (Å²) in [4.78, 5) is 5.17. The molecule has 0 aliphatic rings. The van der Waals surface area contributed by atoms with Crippen LogP contribution in [-0.4, -0.2) is 9.38 Å². The summed E-state index contributed by atoms with van der Waals surface area (Å²) < 4.78 is 33.7. The van der Waals surface area contributed by atoms with Gasteiger partial charge in [-0.3, -0.25) is 4.40 Å². The van der Waals surface area contributed by atoms with Crippen LogP contribution in [0.15, 0.2) is 194 Å². The second kappa shape index (κ2) is 12.3. The van der Waals surface area contributed by atoms with Gasteiger partial charge in [-0.1, -0.05) is 158 Å². The fraction of sp³-hybridized carbons (Fsp3) is 0. The first-order valence-corrected chi connectivity index (χ1v) is 21.1. The minimum absolute atomic E-state index is 0.739. The Morgan fingerprint density at radius 1 is 0.358 bits per heavy atom. The van der Waals surface area contributed by atoms with Crippen LogP contribution in [0.5, 0.6) is 0 Å². The average Bonchev–Trinajstić information content (AvgIpc) is 3.64. The molecule has 0 bridgehead atoms. The number of benzene rings is 8. The summed E-state index contributed by atoms with van der Waals surface area (Å²) in [5, 5.41) is 9.62. The topological polar surface area (TPSA) is 51.4 Å². The molecule has 0 N–H and O–H groups in total. The van der Waals surface area contributed by atoms with Crippen LogP contribution < -0.4 is 31.8 Å². The Morgan fingerprint density at radius 2 is 0.849 bits per heavy atom. The quantitative estimate of drug-likeness (QED) is 0.127. The van der Waals surface area contributed by atoms with E-state index in [0.717, 1.165) is 81.0 Å². The van der Waals surface area contributed by atoms with Gasteiger partial charge in [0.15, 0.2) is 14.3 Å². The van der Waals surface area contributed by atoms with Crippen LogP contribution in [0.2, 0.25) is 0 Å². The molecule has 8 aromatic carbocycles. The van der Waals surface area contributed by atoms with Gasteiger partial charge in [-0.25, -0.2) is 4.98 Å². The minimum Gasteiger partial charge on any atom is -0.309 e. The van der Waals surface area contributed by atoms with E-state index in [1.807, 2.05) is 140 Å². The number of pyridine rings is 1. The summed E-state index contributed by atoms with van der Waals surface area (Å²) >= 11 is 0. The first-order valence-electron chi connectivity index (χ1n) is 17.7. The molecule has 0 radical (unpaired) electrons. The Bertz CT molecular complexity index is 3080. The highest BCUT2D eigenvalue weighted by Gasteiger charge is 2.32. The molecule has 1 unspecified atom stereocenters. The van der Waals surface area contributed by atoms with Gasteiger partial charge in [-0.15, -0.1) is 0 Å². The summed E-state index contributed by atoms with van der Waals surface area (Å²) in [6, 6.07) is 64.2. The Labute approximate surface area is 306 Å². The highest BCUT2D eigenvalue weighted by molar-refractivity contribution is 7.85. The highest BCUT2D eigenvalue weighted by atomic mass is 31.2. The van der Waals surface area contributed by atoms with Crippen LogP contribution >= 0.6 is 14.3 Å². The Kier molecular flexibility index (Phi) is 7.34. The zero-order chi connectivity index (χ0) is 35.6. The maximum Gasteiger partial charge on any atom is 0.171 e. The van der Waals surface area contributed by atoms with Crippen LogP contribution in [0.3, 0.4) is 0 Å². The molecule has 0 saturated heterocycles. The number of rotatable bonds is 6. The molecule has 0 aliphatic heterocycles. The fourth-order valence-corrected chi connectivity index (χ4v) is 13.3. The first kappa shape index (κ1) is 31.7. The molecular weight excluding hydrogens is 686 g/mol. The van der Waals surface area contributed by atoms with Crippen molar-refractivity contribution in [2.24, 2.45) is 0 Å². The molecular formula is C47H32N2O2P2. The van der Waals surface area contributed by atoms with Crippen LogP contribution in [-0.2, 0) is 9.13 Å². The van der Waals surface area contributed by atoms with E-state index in [1.165, 1.54) is 0 Å². The molecule has 0 amide bonds. The predicted molar refractivity (Wildman–Crippen MR) is 224 cm³/mol.